The Labute approximate surface area is 66.2 Å². The summed E-state index contributed by atoms with van der Waals surface area (Å²) < 4.78 is 0. The Morgan fingerprint density at radius 1 is 1.44 bits per heavy atom. The molecule has 1 aliphatic carbocycles. The minimum absolute atomic E-state index is 0.988. The summed E-state index contributed by atoms with van der Waals surface area (Å²) in [5.41, 5.74) is 0. The van der Waals surface area contributed by atoms with Crippen LogP contribution in [-0.4, -0.2) is 5.33 Å². The van der Waals surface area contributed by atoms with Gasteiger partial charge in [-0.2, -0.15) is 0 Å². The molecule has 54 valence electrons. The average Bonchev–Trinajstić information content (AvgIpc) is 1.88. The van der Waals surface area contributed by atoms with E-state index in [1.807, 2.05) is 0 Å². The zero-order chi connectivity index (χ0) is 6.85. The van der Waals surface area contributed by atoms with Gasteiger partial charge in [-0.1, -0.05) is 29.8 Å². The van der Waals surface area contributed by atoms with Crippen molar-refractivity contribution in [1.29, 1.82) is 0 Å². The molecule has 1 rings (SSSR count). The summed E-state index contributed by atoms with van der Waals surface area (Å²) in [4.78, 5) is 0. The predicted molar refractivity (Wildman–Crippen MR) is 44.8 cm³/mol. The molecular formula is C8H15Br. The van der Waals surface area contributed by atoms with Crippen LogP contribution in [0, 0.1) is 17.8 Å². The Bertz CT molecular complexity index is 88.6. The molecule has 3 atom stereocenters. The maximum absolute atomic E-state index is 3.47. The van der Waals surface area contributed by atoms with E-state index < -0.39 is 0 Å². The van der Waals surface area contributed by atoms with Crippen molar-refractivity contribution in [2.45, 2.75) is 26.7 Å². The van der Waals surface area contributed by atoms with Gasteiger partial charge in [-0.15, -0.1) is 0 Å². The summed E-state index contributed by atoms with van der Waals surface area (Å²) in [6, 6.07) is 0. The Morgan fingerprint density at radius 3 is 2.44 bits per heavy atom. The molecule has 0 amide bonds. The molecule has 0 aromatic heterocycles. The molecule has 0 heterocycles. The number of hydrogen-bond acceptors (Lipinski definition) is 0. The van der Waals surface area contributed by atoms with E-state index in [4.69, 9.17) is 0 Å². The van der Waals surface area contributed by atoms with Crippen molar-refractivity contribution in [2.24, 2.45) is 17.8 Å². The summed E-state index contributed by atoms with van der Waals surface area (Å²) in [6.07, 6.45) is 2.85. The fourth-order valence-corrected chi connectivity index (χ4v) is 2.28. The Kier molecular flexibility index (Phi) is 2.57. The molecule has 0 radical (unpaired) electrons. The molecule has 3 unspecified atom stereocenters. The number of rotatable bonds is 2. The lowest BCUT2D eigenvalue weighted by Gasteiger charge is -2.40. The standard InChI is InChI=1S/C8H15Br/c1-6-5-8(3-4-9)7(6)2/h6-8H,3-5H2,1-2H3. The molecule has 0 bridgehead atoms. The van der Waals surface area contributed by atoms with Gasteiger partial charge < -0.3 is 0 Å². The highest BCUT2D eigenvalue weighted by Crippen LogP contribution is 2.41. The van der Waals surface area contributed by atoms with Crippen LogP contribution in [0.15, 0.2) is 0 Å². The van der Waals surface area contributed by atoms with E-state index in [1.165, 1.54) is 18.2 Å². The van der Waals surface area contributed by atoms with E-state index in [9.17, 15) is 0 Å². The molecule has 0 saturated heterocycles. The zero-order valence-electron chi connectivity index (χ0n) is 6.23. The van der Waals surface area contributed by atoms with Gasteiger partial charge in [0.25, 0.3) is 0 Å². The molecule has 1 saturated carbocycles. The molecule has 1 aliphatic rings. The molecule has 0 aromatic carbocycles. The number of hydrogen-bond donors (Lipinski definition) is 0. The van der Waals surface area contributed by atoms with Gasteiger partial charge in [0.05, 0.1) is 0 Å². The zero-order valence-corrected chi connectivity index (χ0v) is 7.82. The van der Waals surface area contributed by atoms with Crippen LogP contribution < -0.4 is 0 Å². The van der Waals surface area contributed by atoms with Gasteiger partial charge in [-0.3, -0.25) is 0 Å². The van der Waals surface area contributed by atoms with Crippen LogP contribution >= 0.6 is 15.9 Å². The lowest BCUT2D eigenvalue weighted by molar-refractivity contribution is 0.101. The second-order valence-corrected chi connectivity index (χ2v) is 4.10. The molecule has 0 spiro atoms. The maximum Gasteiger partial charge on any atom is 0.00340 e. The van der Waals surface area contributed by atoms with Crippen LogP contribution in [0.3, 0.4) is 0 Å². The quantitative estimate of drug-likeness (QED) is 0.588. The number of alkyl halides is 1. The Morgan fingerprint density at radius 2 is 2.11 bits per heavy atom. The molecule has 0 aromatic rings. The van der Waals surface area contributed by atoms with Gasteiger partial charge in [0.1, 0.15) is 0 Å². The van der Waals surface area contributed by atoms with E-state index in [1.54, 1.807) is 0 Å². The van der Waals surface area contributed by atoms with Crippen LogP contribution in [0.25, 0.3) is 0 Å². The van der Waals surface area contributed by atoms with Crippen molar-refractivity contribution in [1.82, 2.24) is 0 Å². The summed E-state index contributed by atoms with van der Waals surface area (Å²) >= 11 is 3.47. The molecule has 0 aliphatic heterocycles. The van der Waals surface area contributed by atoms with Gasteiger partial charge >= 0.3 is 0 Å². The molecular weight excluding hydrogens is 176 g/mol. The van der Waals surface area contributed by atoms with E-state index >= 15 is 0 Å². The van der Waals surface area contributed by atoms with Crippen molar-refractivity contribution < 1.29 is 0 Å². The number of halogens is 1. The maximum atomic E-state index is 3.47. The summed E-state index contributed by atoms with van der Waals surface area (Å²) in [6.45, 7) is 4.73. The first-order valence-electron chi connectivity index (χ1n) is 3.81. The fourth-order valence-electron chi connectivity index (χ4n) is 1.70. The van der Waals surface area contributed by atoms with Gasteiger partial charge in [-0.25, -0.2) is 0 Å². The highest BCUT2D eigenvalue weighted by molar-refractivity contribution is 9.09. The van der Waals surface area contributed by atoms with Gasteiger partial charge in [0.2, 0.25) is 0 Å². The third kappa shape index (κ3) is 1.49. The van der Waals surface area contributed by atoms with E-state index in [-0.39, 0.29) is 0 Å². The normalized spacial score (nSPS) is 42.3. The van der Waals surface area contributed by atoms with Crippen molar-refractivity contribution in [3.05, 3.63) is 0 Å². The average molecular weight is 191 g/mol. The van der Waals surface area contributed by atoms with Crippen molar-refractivity contribution >= 4 is 15.9 Å². The first-order chi connectivity index (χ1) is 4.25. The van der Waals surface area contributed by atoms with E-state index in [2.05, 4.69) is 29.8 Å². The topological polar surface area (TPSA) is 0 Å². The van der Waals surface area contributed by atoms with Crippen molar-refractivity contribution in [2.75, 3.05) is 5.33 Å². The predicted octanol–water partition coefficient (Wildman–Crippen LogP) is 3.06. The highest BCUT2D eigenvalue weighted by Gasteiger charge is 2.32. The SMILES string of the molecule is CC1CC(CCBr)C1C. The van der Waals surface area contributed by atoms with Gasteiger partial charge in [-0.05, 0) is 30.6 Å². The van der Waals surface area contributed by atoms with Crippen LogP contribution in [0.2, 0.25) is 0 Å². The van der Waals surface area contributed by atoms with Crippen LogP contribution in [0.1, 0.15) is 26.7 Å². The third-order valence-corrected chi connectivity index (χ3v) is 3.25. The van der Waals surface area contributed by atoms with Crippen LogP contribution in [-0.2, 0) is 0 Å². The largest absolute Gasteiger partial charge is 0.0928 e. The molecule has 0 nitrogen and oxygen atoms in total. The Hall–Kier alpha value is 0.480. The smallest absolute Gasteiger partial charge is 0.00340 e. The third-order valence-electron chi connectivity index (χ3n) is 2.80. The monoisotopic (exact) mass is 190 g/mol. The Balaban J connectivity index is 2.17. The fraction of sp³-hybridized carbons (Fsp3) is 1.00. The summed E-state index contributed by atoms with van der Waals surface area (Å²) in [7, 11) is 0. The lowest BCUT2D eigenvalue weighted by Crippen LogP contribution is -2.32. The lowest BCUT2D eigenvalue weighted by atomic mass is 9.66. The minimum Gasteiger partial charge on any atom is -0.0928 e. The first kappa shape index (κ1) is 7.59. The summed E-state index contributed by atoms with van der Waals surface area (Å²) in [5, 5.41) is 1.19. The van der Waals surface area contributed by atoms with Gasteiger partial charge in [0, 0.05) is 5.33 Å². The minimum atomic E-state index is 0.988. The summed E-state index contributed by atoms with van der Waals surface area (Å²) in [5.74, 6) is 3.01. The van der Waals surface area contributed by atoms with Crippen LogP contribution in [0.5, 0.6) is 0 Å². The second-order valence-electron chi connectivity index (χ2n) is 3.31. The van der Waals surface area contributed by atoms with Gasteiger partial charge in [0.15, 0.2) is 0 Å². The van der Waals surface area contributed by atoms with Crippen LogP contribution in [0.4, 0.5) is 0 Å². The van der Waals surface area contributed by atoms with E-state index in [0.29, 0.717) is 0 Å². The van der Waals surface area contributed by atoms with Crippen molar-refractivity contribution in [3.63, 3.8) is 0 Å². The molecule has 9 heavy (non-hydrogen) atoms. The molecule has 1 fully saturated rings. The second kappa shape index (κ2) is 3.05. The highest BCUT2D eigenvalue weighted by atomic mass is 79.9. The molecule has 1 heteroatoms. The molecule has 0 N–H and O–H groups in total. The van der Waals surface area contributed by atoms with E-state index in [0.717, 1.165) is 17.8 Å². The first-order valence-corrected chi connectivity index (χ1v) is 4.93. The van der Waals surface area contributed by atoms with Crippen molar-refractivity contribution in [3.8, 4) is 0 Å².